The number of aliphatic hydroxyl groups is 2. The summed E-state index contributed by atoms with van der Waals surface area (Å²) in [5, 5.41) is 20.3. The first kappa shape index (κ1) is 12.6. The van der Waals surface area contributed by atoms with E-state index in [1.807, 2.05) is 0 Å². The van der Waals surface area contributed by atoms with E-state index in [4.69, 9.17) is 0 Å². The normalized spacial score (nSPS) is 24.6. The number of aryl methyl sites for hydroxylation is 2. The molecule has 2 atom stereocenters. The minimum absolute atomic E-state index is 0.0736. The summed E-state index contributed by atoms with van der Waals surface area (Å²) >= 11 is 0. The van der Waals surface area contributed by atoms with E-state index < -0.39 is 11.7 Å². The highest BCUT2D eigenvalue weighted by atomic mass is 16.3. The number of aliphatic hydroxyl groups excluding tert-OH is 1. The maximum atomic E-state index is 10.2. The van der Waals surface area contributed by atoms with Crippen molar-refractivity contribution in [1.29, 1.82) is 0 Å². The third-order valence-corrected chi connectivity index (χ3v) is 4.11. The second kappa shape index (κ2) is 4.11. The average molecular weight is 234 g/mol. The Bertz CT molecular complexity index is 429. The molecule has 1 aromatic rings. The predicted octanol–water partition coefficient (Wildman–Crippen LogP) is 2.15. The molecule has 94 valence electrons. The zero-order valence-electron chi connectivity index (χ0n) is 11.1. The van der Waals surface area contributed by atoms with Crippen LogP contribution in [0.5, 0.6) is 0 Å². The van der Waals surface area contributed by atoms with Gasteiger partial charge in [-0.05, 0) is 62.8 Å². The summed E-state index contributed by atoms with van der Waals surface area (Å²) in [5.41, 5.74) is 4.29. The second-order valence-corrected chi connectivity index (χ2v) is 5.89. The van der Waals surface area contributed by atoms with Gasteiger partial charge >= 0.3 is 0 Å². The molecule has 0 amide bonds. The highest BCUT2D eigenvalue weighted by molar-refractivity contribution is 5.42. The lowest BCUT2D eigenvalue weighted by molar-refractivity contribution is -0.0500. The topological polar surface area (TPSA) is 40.5 Å². The Kier molecular flexibility index (Phi) is 3.04. The Morgan fingerprint density at radius 2 is 1.53 bits per heavy atom. The van der Waals surface area contributed by atoms with E-state index in [1.165, 1.54) is 22.3 Å². The van der Waals surface area contributed by atoms with Gasteiger partial charge in [-0.25, -0.2) is 0 Å². The van der Waals surface area contributed by atoms with Crippen LogP contribution in [0.1, 0.15) is 36.1 Å². The van der Waals surface area contributed by atoms with E-state index in [0.29, 0.717) is 6.42 Å². The Balaban J connectivity index is 2.44. The van der Waals surface area contributed by atoms with Gasteiger partial charge in [-0.1, -0.05) is 12.1 Å². The fraction of sp³-hybridized carbons (Fsp3) is 0.600. The van der Waals surface area contributed by atoms with Gasteiger partial charge in [-0.3, -0.25) is 0 Å². The smallest absolute Gasteiger partial charge is 0.0647 e. The maximum absolute atomic E-state index is 10.2. The molecule has 0 radical (unpaired) electrons. The lowest BCUT2D eigenvalue weighted by atomic mass is 9.72. The largest absolute Gasteiger partial charge is 0.392 e. The maximum Gasteiger partial charge on any atom is 0.0647 e. The Morgan fingerprint density at radius 1 is 1.06 bits per heavy atom. The summed E-state index contributed by atoms with van der Waals surface area (Å²) in [4.78, 5) is 0. The number of hydrogen-bond donors (Lipinski definition) is 2. The van der Waals surface area contributed by atoms with Crippen LogP contribution in [0.2, 0.25) is 0 Å². The van der Waals surface area contributed by atoms with E-state index in [0.717, 1.165) is 6.42 Å². The quantitative estimate of drug-likeness (QED) is 0.781. The molecule has 17 heavy (non-hydrogen) atoms. The van der Waals surface area contributed by atoms with Crippen LogP contribution < -0.4 is 0 Å². The van der Waals surface area contributed by atoms with Crippen molar-refractivity contribution in [3.63, 3.8) is 0 Å². The van der Waals surface area contributed by atoms with Crippen LogP contribution in [0, 0.1) is 19.8 Å². The summed E-state index contributed by atoms with van der Waals surface area (Å²) in [6.45, 7) is 7.78. The molecule has 0 bridgehead atoms. The van der Waals surface area contributed by atoms with Crippen molar-refractivity contribution in [2.24, 2.45) is 5.92 Å². The zero-order valence-corrected chi connectivity index (χ0v) is 11.1. The van der Waals surface area contributed by atoms with Gasteiger partial charge in [0.15, 0.2) is 0 Å². The van der Waals surface area contributed by atoms with Crippen molar-refractivity contribution in [2.45, 2.75) is 52.2 Å². The van der Waals surface area contributed by atoms with Crippen LogP contribution in [0.15, 0.2) is 12.1 Å². The van der Waals surface area contributed by atoms with Crippen LogP contribution in [0.3, 0.4) is 0 Å². The van der Waals surface area contributed by atoms with Gasteiger partial charge in [0, 0.05) is 5.92 Å². The van der Waals surface area contributed by atoms with Gasteiger partial charge in [0.25, 0.3) is 0 Å². The first-order valence-electron chi connectivity index (χ1n) is 6.29. The van der Waals surface area contributed by atoms with Crippen LogP contribution >= 0.6 is 0 Å². The van der Waals surface area contributed by atoms with Gasteiger partial charge in [-0.2, -0.15) is 0 Å². The Labute approximate surface area is 103 Å². The molecular formula is C15H22O2. The van der Waals surface area contributed by atoms with E-state index in [-0.39, 0.29) is 5.92 Å². The molecule has 1 aromatic carbocycles. The number of rotatable bonds is 1. The van der Waals surface area contributed by atoms with Crippen molar-refractivity contribution >= 4 is 0 Å². The van der Waals surface area contributed by atoms with Crippen LogP contribution in [-0.4, -0.2) is 21.9 Å². The molecule has 1 unspecified atom stereocenters. The Hall–Kier alpha value is -0.860. The molecule has 1 aliphatic carbocycles. The zero-order chi connectivity index (χ0) is 12.8. The van der Waals surface area contributed by atoms with E-state index in [9.17, 15) is 10.2 Å². The monoisotopic (exact) mass is 234 g/mol. The molecule has 0 heterocycles. The number of hydrogen-bond acceptors (Lipinski definition) is 2. The van der Waals surface area contributed by atoms with E-state index >= 15 is 0 Å². The fourth-order valence-corrected chi connectivity index (χ4v) is 2.92. The second-order valence-electron chi connectivity index (χ2n) is 5.89. The predicted molar refractivity (Wildman–Crippen MR) is 69.1 cm³/mol. The molecule has 2 rings (SSSR count). The Morgan fingerprint density at radius 3 is 2.00 bits per heavy atom. The molecule has 0 aliphatic heterocycles. The van der Waals surface area contributed by atoms with Gasteiger partial charge in [-0.15, -0.1) is 0 Å². The minimum Gasteiger partial charge on any atom is -0.392 e. The van der Waals surface area contributed by atoms with Crippen molar-refractivity contribution < 1.29 is 10.2 Å². The molecule has 1 aliphatic rings. The van der Waals surface area contributed by atoms with Gasteiger partial charge in [0.2, 0.25) is 0 Å². The molecule has 0 aromatic heterocycles. The van der Waals surface area contributed by atoms with Crippen molar-refractivity contribution in [1.82, 2.24) is 0 Å². The van der Waals surface area contributed by atoms with Crippen LogP contribution in [-0.2, 0) is 12.8 Å². The standard InChI is InChI=1S/C15H22O2/c1-9-5-6-10(2)12-8-14(16)13(7-11(9)12)15(3,4)17/h5-6,13-14,16-17H,7-8H2,1-4H3/t13-,14?/m0/s1. The molecule has 0 saturated carbocycles. The lowest BCUT2D eigenvalue weighted by Gasteiger charge is -2.38. The highest BCUT2D eigenvalue weighted by Gasteiger charge is 2.37. The van der Waals surface area contributed by atoms with Gasteiger partial charge < -0.3 is 10.2 Å². The van der Waals surface area contributed by atoms with Gasteiger partial charge in [0.05, 0.1) is 11.7 Å². The fourth-order valence-electron chi connectivity index (χ4n) is 2.92. The molecule has 2 heteroatoms. The molecule has 0 spiro atoms. The molecule has 0 saturated heterocycles. The number of benzene rings is 1. The minimum atomic E-state index is -0.826. The summed E-state index contributed by atoms with van der Waals surface area (Å²) in [7, 11) is 0. The van der Waals surface area contributed by atoms with Gasteiger partial charge in [0.1, 0.15) is 0 Å². The average Bonchev–Trinajstić information content (AvgIpc) is 2.21. The van der Waals surface area contributed by atoms with Crippen LogP contribution in [0.25, 0.3) is 0 Å². The SMILES string of the molecule is Cc1ccc(C)c2c1CC(O)[C@@H](C(C)(C)O)C2. The highest BCUT2D eigenvalue weighted by Crippen LogP contribution is 2.35. The first-order chi connectivity index (χ1) is 7.80. The molecular weight excluding hydrogens is 212 g/mol. The van der Waals surface area contributed by atoms with E-state index in [1.54, 1.807) is 13.8 Å². The van der Waals surface area contributed by atoms with E-state index in [2.05, 4.69) is 26.0 Å². The first-order valence-corrected chi connectivity index (χ1v) is 6.29. The summed E-state index contributed by atoms with van der Waals surface area (Å²) < 4.78 is 0. The summed E-state index contributed by atoms with van der Waals surface area (Å²) in [6, 6.07) is 4.25. The summed E-state index contributed by atoms with van der Waals surface area (Å²) in [6.07, 6.45) is 0.994. The lowest BCUT2D eigenvalue weighted by Crippen LogP contribution is -2.44. The number of fused-ring (bicyclic) bond motifs is 1. The van der Waals surface area contributed by atoms with Crippen molar-refractivity contribution in [3.05, 3.63) is 34.4 Å². The summed E-state index contributed by atoms with van der Waals surface area (Å²) in [5.74, 6) is -0.0736. The van der Waals surface area contributed by atoms with Crippen molar-refractivity contribution in [2.75, 3.05) is 0 Å². The third kappa shape index (κ3) is 2.24. The van der Waals surface area contributed by atoms with Crippen molar-refractivity contribution in [3.8, 4) is 0 Å². The molecule has 2 N–H and O–H groups in total. The molecule has 2 nitrogen and oxygen atoms in total. The molecule has 0 fully saturated rings. The third-order valence-electron chi connectivity index (χ3n) is 4.11. The van der Waals surface area contributed by atoms with Crippen LogP contribution in [0.4, 0.5) is 0 Å².